The third-order valence-electron chi connectivity index (χ3n) is 7.82. The predicted octanol–water partition coefficient (Wildman–Crippen LogP) is 8.34. The molecule has 6 aromatic rings. The Labute approximate surface area is 213 Å². The summed E-state index contributed by atoms with van der Waals surface area (Å²) < 4.78 is 4.78. The predicted molar refractivity (Wildman–Crippen MR) is 153 cm³/mol. The molecule has 6 rings (SSSR count). The van der Waals surface area contributed by atoms with Crippen LogP contribution in [0.25, 0.3) is 49.7 Å². The summed E-state index contributed by atoms with van der Waals surface area (Å²) >= 11 is 0. The monoisotopic (exact) mass is 469 g/mol. The number of hydrogen-bond donors (Lipinski definition) is 0. The van der Waals surface area contributed by atoms with Gasteiger partial charge < -0.3 is 4.57 Å². The zero-order valence-electron chi connectivity index (χ0n) is 22.1. The highest BCUT2D eigenvalue weighted by molar-refractivity contribution is 6.10. The molecule has 178 valence electrons. The summed E-state index contributed by atoms with van der Waals surface area (Å²) in [4.78, 5) is 0. The van der Waals surface area contributed by atoms with Crippen LogP contribution in [0, 0.1) is 13.8 Å². The number of benzene rings is 4. The Bertz CT molecular complexity index is 1740. The zero-order chi connectivity index (χ0) is 25.2. The summed E-state index contributed by atoms with van der Waals surface area (Å²) in [6.07, 6.45) is 0. The van der Waals surface area contributed by atoms with Gasteiger partial charge in [0.1, 0.15) is 7.05 Å². The number of rotatable bonds is 2. The van der Waals surface area contributed by atoms with Gasteiger partial charge in [-0.1, -0.05) is 69.3 Å². The normalized spacial score (nSPS) is 12.2. The highest BCUT2D eigenvalue weighted by Gasteiger charge is 2.23. The van der Waals surface area contributed by atoms with Crippen LogP contribution in [0.3, 0.4) is 0 Å². The third-order valence-corrected chi connectivity index (χ3v) is 7.82. The Morgan fingerprint density at radius 2 is 1.31 bits per heavy atom. The van der Waals surface area contributed by atoms with Gasteiger partial charge in [-0.15, -0.1) is 0 Å². The fourth-order valence-electron chi connectivity index (χ4n) is 5.61. The summed E-state index contributed by atoms with van der Waals surface area (Å²) in [5.41, 5.74) is 11.6. The molecule has 0 atom stereocenters. The highest BCUT2D eigenvalue weighted by Crippen LogP contribution is 2.35. The van der Waals surface area contributed by atoms with Gasteiger partial charge >= 0.3 is 0 Å². The van der Waals surface area contributed by atoms with E-state index in [2.05, 4.69) is 142 Å². The van der Waals surface area contributed by atoms with Crippen molar-refractivity contribution in [1.82, 2.24) is 4.57 Å². The van der Waals surface area contributed by atoms with Crippen LogP contribution >= 0.6 is 0 Å². The van der Waals surface area contributed by atoms with Crippen molar-refractivity contribution in [2.24, 2.45) is 7.05 Å². The lowest BCUT2D eigenvalue weighted by atomic mass is 9.83. The van der Waals surface area contributed by atoms with Gasteiger partial charge in [-0.3, -0.25) is 0 Å². The summed E-state index contributed by atoms with van der Waals surface area (Å²) in [5, 5.41) is 3.82. The maximum atomic E-state index is 2.42. The Morgan fingerprint density at radius 1 is 0.667 bits per heavy atom. The molecule has 0 radical (unpaired) electrons. The zero-order valence-corrected chi connectivity index (χ0v) is 22.1. The van der Waals surface area contributed by atoms with E-state index >= 15 is 0 Å². The van der Waals surface area contributed by atoms with E-state index < -0.39 is 0 Å². The van der Waals surface area contributed by atoms with E-state index in [0.29, 0.717) is 0 Å². The van der Waals surface area contributed by atoms with E-state index in [4.69, 9.17) is 0 Å². The SMILES string of the molecule is Cc1cc(C(C)(C)C)cc(-c2ccc3c(-n4c5ccccc5c5ccccc54)cccc3[n+]2C)c1C. The van der Waals surface area contributed by atoms with E-state index in [9.17, 15) is 0 Å². The molecule has 0 spiro atoms. The van der Waals surface area contributed by atoms with Crippen molar-refractivity contribution < 1.29 is 4.57 Å². The summed E-state index contributed by atoms with van der Waals surface area (Å²) in [5.74, 6) is 0. The number of fused-ring (bicyclic) bond motifs is 4. The van der Waals surface area contributed by atoms with Crippen molar-refractivity contribution in [3.8, 4) is 16.9 Å². The number of para-hydroxylation sites is 2. The molecule has 0 aliphatic heterocycles. The fraction of sp³-hybridized carbons (Fsp3) is 0.206. The first-order chi connectivity index (χ1) is 17.3. The van der Waals surface area contributed by atoms with Crippen molar-refractivity contribution in [3.63, 3.8) is 0 Å². The van der Waals surface area contributed by atoms with Gasteiger partial charge in [-0.05, 0) is 66.3 Å². The van der Waals surface area contributed by atoms with Gasteiger partial charge in [0.2, 0.25) is 11.2 Å². The van der Waals surface area contributed by atoms with E-state index in [1.807, 2.05) is 0 Å². The van der Waals surface area contributed by atoms with Crippen LogP contribution in [0.2, 0.25) is 0 Å². The van der Waals surface area contributed by atoms with Crippen LogP contribution in [-0.4, -0.2) is 4.57 Å². The summed E-state index contributed by atoms with van der Waals surface area (Å²) in [6, 6.07) is 33.5. The van der Waals surface area contributed by atoms with Crippen molar-refractivity contribution in [1.29, 1.82) is 0 Å². The van der Waals surface area contributed by atoms with E-state index in [-0.39, 0.29) is 5.41 Å². The molecule has 2 aromatic heterocycles. The average molecular weight is 470 g/mol. The first kappa shape index (κ1) is 22.5. The molecular weight excluding hydrogens is 436 g/mol. The van der Waals surface area contributed by atoms with Gasteiger partial charge in [0.05, 0.1) is 22.1 Å². The molecule has 0 unspecified atom stereocenters. The van der Waals surface area contributed by atoms with Gasteiger partial charge in [-0.2, -0.15) is 4.57 Å². The number of nitrogens with zero attached hydrogens (tertiary/aromatic N) is 2. The van der Waals surface area contributed by atoms with E-state index in [1.165, 1.54) is 66.3 Å². The van der Waals surface area contributed by atoms with E-state index in [0.717, 1.165) is 0 Å². The number of hydrogen-bond acceptors (Lipinski definition) is 0. The maximum absolute atomic E-state index is 2.42. The van der Waals surface area contributed by atoms with Gasteiger partial charge in [0.15, 0.2) is 0 Å². The molecule has 2 nitrogen and oxygen atoms in total. The largest absolute Gasteiger partial charge is 0.308 e. The van der Waals surface area contributed by atoms with Crippen LogP contribution in [0.1, 0.15) is 37.5 Å². The quantitative estimate of drug-likeness (QED) is 0.225. The van der Waals surface area contributed by atoms with Gasteiger partial charge in [0, 0.05) is 28.5 Å². The Hall–Kier alpha value is -3.91. The Kier molecular flexibility index (Phi) is 5.05. The van der Waals surface area contributed by atoms with Crippen LogP contribution in [0.5, 0.6) is 0 Å². The maximum Gasteiger partial charge on any atom is 0.214 e. The van der Waals surface area contributed by atoms with Gasteiger partial charge in [0.25, 0.3) is 0 Å². The van der Waals surface area contributed by atoms with Gasteiger partial charge in [-0.25, -0.2) is 0 Å². The molecule has 0 saturated carbocycles. The van der Waals surface area contributed by atoms with Crippen LogP contribution in [0.4, 0.5) is 0 Å². The van der Waals surface area contributed by atoms with Crippen molar-refractivity contribution in [3.05, 3.63) is 108 Å². The molecule has 0 aliphatic carbocycles. The number of aromatic nitrogens is 2. The number of aryl methyl sites for hydroxylation is 2. The summed E-state index contributed by atoms with van der Waals surface area (Å²) in [7, 11) is 2.20. The molecule has 0 fully saturated rings. The van der Waals surface area contributed by atoms with Crippen molar-refractivity contribution >= 4 is 32.7 Å². The molecule has 36 heavy (non-hydrogen) atoms. The molecule has 0 bridgehead atoms. The number of pyridine rings is 1. The van der Waals surface area contributed by atoms with E-state index in [1.54, 1.807) is 0 Å². The average Bonchev–Trinajstić information content (AvgIpc) is 3.20. The lowest BCUT2D eigenvalue weighted by Gasteiger charge is -2.22. The smallest absolute Gasteiger partial charge is 0.214 e. The van der Waals surface area contributed by atoms with Crippen LogP contribution < -0.4 is 4.57 Å². The molecule has 0 amide bonds. The molecule has 0 aliphatic rings. The second kappa shape index (κ2) is 8.06. The standard InChI is InChI=1S/C34H33N2/c1-22-20-24(34(3,4)5)21-28(23(22)2)30-19-18-27-29(35(30)6)16-11-17-33(27)36-31-14-9-7-12-25(31)26-13-8-10-15-32(26)36/h7-21H,1-6H3/q+1. The second-order valence-corrected chi connectivity index (χ2v) is 11.1. The van der Waals surface area contributed by atoms with Crippen molar-refractivity contribution in [2.45, 2.75) is 40.0 Å². The topological polar surface area (TPSA) is 8.81 Å². The van der Waals surface area contributed by atoms with Crippen LogP contribution in [-0.2, 0) is 12.5 Å². The molecule has 4 aromatic carbocycles. The Balaban J connectivity index is 1.64. The first-order valence-electron chi connectivity index (χ1n) is 12.8. The minimum atomic E-state index is 0.104. The second-order valence-electron chi connectivity index (χ2n) is 11.1. The molecule has 2 heteroatoms. The first-order valence-corrected chi connectivity index (χ1v) is 12.8. The minimum absolute atomic E-state index is 0.104. The lowest BCUT2D eigenvalue weighted by molar-refractivity contribution is -0.633. The molecule has 2 heterocycles. The molecule has 0 saturated heterocycles. The van der Waals surface area contributed by atoms with Crippen molar-refractivity contribution in [2.75, 3.05) is 0 Å². The Morgan fingerprint density at radius 3 is 1.94 bits per heavy atom. The molecular formula is C34H33N2+. The summed E-state index contributed by atoms with van der Waals surface area (Å²) in [6.45, 7) is 11.4. The highest BCUT2D eigenvalue weighted by atomic mass is 15.0. The fourth-order valence-corrected chi connectivity index (χ4v) is 5.61. The van der Waals surface area contributed by atoms with Crippen LogP contribution in [0.15, 0.2) is 91.0 Å². The molecule has 0 N–H and O–H groups in total. The third kappa shape index (κ3) is 3.36. The minimum Gasteiger partial charge on any atom is -0.308 e. The lowest BCUT2D eigenvalue weighted by Crippen LogP contribution is -2.32.